The maximum Gasteiger partial charge on any atom is 0.472 e. The summed E-state index contributed by atoms with van der Waals surface area (Å²) in [5.41, 5.74) is 0. The van der Waals surface area contributed by atoms with Crippen molar-refractivity contribution in [1.82, 2.24) is 0 Å². The Hall–Kier alpha value is -1.94. The highest BCUT2D eigenvalue weighted by Gasteiger charge is 2.30. The monoisotopic (exact) mass is 1370 g/mol. The fourth-order valence-corrected chi connectivity index (χ4v) is 12.9. The number of unbranched alkanes of at least 4 members (excludes halogenated alkanes) is 46. The normalized spacial score (nSPS) is 14.0. The Labute approximate surface area is 568 Å². The van der Waals surface area contributed by atoms with Crippen molar-refractivity contribution < 1.29 is 80.2 Å². The fourth-order valence-electron chi connectivity index (χ4n) is 11.4. The van der Waals surface area contributed by atoms with E-state index in [0.29, 0.717) is 25.7 Å². The lowest BCUT2D eigenvalue weighted by molar-refractivity contribution is -0.161. The molecule has 0 aromatic rings. The van der Waals surface area contributed by atoms with Crippen molar-refractivity contribution in [3.63, 3.8) is 0 Å². The van der Waals surface area contributed by atoms with Crippen LogP contribution in [0, 0.1) is 5.92 Å². The topological polar surface area (TPSA) is 237 Å². The molecule has 19 heteroatoms. The molecular formula is C74H144O17P2. The van der Waals surface area contributed by atoms with Gasteiger partial charge in [0.1, 0.15) is 19.3 Å². The van der Waals surface area contributed by atoms with Gasteiger partial charge in [0.2, 0.25) is 0 Å². The van der Waals surface area contributed by atoms with Gasteiger partial charge in [-0.05, 0) is 31.6 Å². The first-order valence-electron chi connectivity index (χ1n) is 38.6. The van der Waals surface area contributed by atoms with Crippen LogP contribution in [-0.2, 0) is 65.4 Å². The molecule has 0 saturated heterocycles. The average molecular weight is 1370 g/mol. The maximum atomic E-state index is 13.1. The molecule has 0 radical (unpaired) electrons. The van der Waals surface area contributed by atoms with E-state index in [4.69, 9.17) is 37.0 Å². The molecule has 0 heterocycles. The Bertz CT molecular complexity index is 1790. The molecular weight excluding hydrogens is 1220 g/mol. The second-order valence-electron chi connectivity index (χ2n) is 27.2. The van der Waals surface area contributed by atoms with E-state index in [1.807, 2.05) is 0 Å². The van der Waals surface area contributed by atoms with Crippen LogP contribution in [0.4, 0.5) is 0 Å². The van der Waals surface area contributed by atoms with Gasteiger partial charge in [0.25, 0.3) is 0 Å². The van der Waals surface area contributed by atoms with Crippen LogP contribution in [0.15, 0.2) is 0 Å². The van der Waals surface area contributed by atoms with Gasteiger partial charge in [-0.15, -0.1) is 0 Å². The molecule has 0 bridgehead atoms. The number of hydrogen-bond donors (Lipinski definition) is 3. The first-order chi connectivity index (χ1) is 45.0. The highest BCUT2D eigenvalue weighted by Crippen LogP contribution is 2.45. The van der Waals surface area contributed by atoms with Gasteiger partial charge in [0.15, 0.2) is 12.2 Å². The summed E-state index contributed by atoms with van der Waals surface area (Å²) in [7, 11) is -9.90. The third kappa shape index (κ3) is 68.4. The van der Waals surface area contributed by atoms with E-state index in [2.05, 4.69) is 34.6 Å². The van der Waals surface area contributed by atoms with Crippen molar-refractivity contribution in [3.8, 4) is 0 Å². The van der Waals surface area contributed by atoms with E-state index < -0.39 is 97.5 Å². The number of aliphatic hydroxyl groups excluding tert-OH is 1. The first kappa shape index (κ1) is 91.1. The van der Waals surface area contributed by atoms with Crippen molar-refractivity contribution in [2.75, 3.05) is 39.6 Å². The molecule has 0 saturated carbocycles. The molecule has 17 nitrogen and oxygen atoms in total. The highest BCUT2D eigenvalue weighted by molar-refractivity contribution is 7.47. The lowest BCUT2D eigenvalue weighted by atomic mass is 10.0. The third-order valence-electron chi connectivity index (χ3n) is 17.3. The Morgan fingerprint density at radius 3 is 0.731 bits per heavy atom. The van der Waals surface area contributed by atoms with Crippen molar-refractivity contribution in [2.45, 2.75) is 406 Å². The minimum absolute atomic E-state index is 0.107. The van der Waals surface area contributed by atoms with Gasteiger partial charge >= 0.3 is 39.5 Å². The van der Waals surface area contributed by atoms with Crippen molar-refractivity contribution in [1.29, 1.82) is 0 Å². The summed E-state index contributed by atoms with van der Waals surface area (Å²) in [4.78, 5) is 72.6. The Kier molecular flexibility index (Phi) is 65.9. The molecule has 0 aromatic carbocycles. The maximum absolute atomic E-state index is 13.1. The molecule has 3 N–H and O–H groups in total. The molecule has 0 aliphatic rings. The van der Waals surface area contributed by atoms with Gasteiger partial charge < -0.3 is 33.8 Å². The Morgan fingerprint density at radius 1 is 0.290 bits per heavy atom. The van der Waals surface area contributed by atoms with Gasteiger partial charge in [-0.25, -0.2) is 9.13 Å². The second kappa shape index (κ2) is 67.3. The molecule has 93 heavy (non-hydrogen) atoms. The number of carbonyl (C=O) groups is 4. The molecule has 0 spiro atoms. The number of ether oxygens (including phenoxy) is 4. The minimum Gasteiger partial charge on any atom is -0.462 e. The van der Waals surface area contributed by atoms with Crippen molar-refractivity contribution in [2.24, 2.45) is 5.92 Å². The fraction of sp³-hybridized carbons (Fsp3) is 0.946. The number of phosphoric acid groups is 2. The summed E-state index contributed by atoms with van der Waals surface area (Å²) in [5, 5.41) is 10.6. The van der Waals surface area contributed by atoms with Crippen LogP contribution in [0.3, 0.4) is 0 Å². The standard InChI is InChI=1S/C74H144O17P2/c1-6-9-12-15-18-21-23-24-25-26-27-28-29-30-31-32-33-40-45-50-55-60-74(79)91-70(64-85-72(77)58-53-48-43-39-35-34-37-41-46-51-56-67(4)5)66-89-93(82,83)87-62-68(75)61-86-92(80,81)88-65-69(63-84-71(76)57-52-47-42-36-20-17-14-11-8-3)90-73(78)59-54-49-44-38-22-19-16-13-10-7-2/h67-70,75H,6-66H2,1-5H3,(H,80,81)(H,82,83)/t68-,69+,70+/m0/s1. The molecule has 0 amide bonds. The number of phosphoric ester groups is 2. The molecule has 2 unspecified atom stereocenters. The van der Waals surface area contributed by atoms with E-state index in [9.17, 15) is 43.2 Å². The molecule has 0 aliphatic heterocycles. The van der Waals surface area contributed by atoms with Crippen LogP contribution >= 0.6 is 15.6 Å². The summed E-state index contributed by atoms with van der Waals surface area (Å²) in [6.07, 6.45) is 55.6. The Morgan fingerprint density at radius 2 is 0.495 bits per heavy atom. The summed E-state index contributed by atoms with van der Waals surface area (Å²) in [6, 6.07) is 0. The average Bonchev–Trinajstić information content (AvgIpc) is 2.55. The van der Waals surface area contributed by atoms with Gasteiger partial charge in [0, 0.05) is 25.7 Å². The largest absolute Gasteiger partial charge is 0.472 e. The highest BCUT2D eigenvalue weighted by atomic mass is 31.2. The summed E-state index contributed by atoms with van der Waals surface area (Å²) >= 11 is 0. The zero-order chi connectivity index (χ0) is 68.4. The summed E-state index contributed by atoms with van der Waals surface area (Å²) in [5.74, 6) is -1.36. The van der Waals surface area contributed by atoms with Gasteiger partial charge in [-0.2, -0.15) is 0 Å². The smallest absolute Gasteiger partial charge is 0.462 e. The van der Waals surface area contributed by atoms with Crippen LogP contribution in [0.25, 0.3) is 0 Å². The number of aliphatic hydroxyl groups is 1. The molecule has 552 valence electrons. The van der Waals surface area contributed by atoms with Crippen LogP contribution < -0.4 is 0 Å². The second-order valence-corrected chi connectivity index (χ2v) is 30.1. The van der Waals surface area contributed by atoms with Gasteiger partial charge in [-0.3, -0.25) is 37.3 Å². The van der Waals surface area contributed by atoms with E-state index >= 15 is 0 Å². The molecule has 0 aliphatic carbocycles. The van der Waals surface area contributed by atoms with E-state index in [1.165, 1.54) is 212 Å². The van der Waals surface area contributed by atoms with E-state index in [1.54, 1.807) is 0 Å². The predicted octanol–water partition coefficient (Wildman–Crippen LogP) is 21.7. The van der Waals surface area contributed by atoms with E-state index in [-0.39, 0.29) is 25.7 Å². The molecule has 0 fully saturated rings. The zero-order valence-corrected chi connectivity index (χ0v) is 62.2. The Balaban J connectivity index is 5.17. The molecule has 0 aromatic heterocycles. The molecule has 0 rings (SSSR count). The van der Waals surface area contributed by atoms with Crippen LogP contribution in [-0.4, -0.2) is 96.7 Å². The molecule has 5 atom stereocenters. The zero-order valence-electron chi connectivity index (χ0n) is 60.4. The first-order valence-corrected chi connectivity index (χ1v) is 41.6. The van der Waals surface area contributed by atoms with E-state index in [0.717, 1.165) is 95.8 Å². The summed E-state index contributed by atoms with van der Waals surface area (Å²) < 4.78 is 68.3. The third-order valence-corrected chi connectivity index (χ3v) is 19.2. The SMILES string of the molecule is CCCCCCCCCCCCCCCCCCCCCCCC(=O)O[C@H](COC(=O)CCCCCCCCCCCCC(C)C)COP(=O)(O)OC[C@@H](O)COP(=O)(O)OC[C@@H](COC(=O)CCCCCCCCCCC)OC(=O)CCCCCCCCCCCC. The summed E-state index contributed by atoms with van der Waals surface area (Å²) in [6.45, 7) is 7.24. The quantitative estimate of drug-likeness (QED) is 0.0222. The number of hydrogen-bond acceptors (Lipinski definition) is 15. The lowest BCUT2D eigenvalue weighted by Crippen LogP contribution is -2.30. The predicted molar refractivity (Wildman–Crippen MR) is 377 cm³/mol. The number of esters is 4. The number of carbonyl (C=O) groups excluding carboxylic acids is 4. The van der Waals surface area contributed by atoms with Crippen molar-refractivity contribution >= 4 is 39.5 Å². The van der Waals surface area contributed by atoms with Gasteiger partial charge in [-0.1, -0.05) is 336 Å². The van der Waals surface area contributed by atoms with Gasteiger partial charge in [0.05, 0.1) is 26.4 Å². The number of rotatable bonds is 74. The van der Waals surface area contributed by atoms with Crippen LogP contribution in [0.1, 0.15) is 388 Å². The van der Waals surface area contributed by atoms with Crippen LogP contribution in [0.2, 0.25) is 0 Å². The van der Waals surface area contributed by atoms with Crippen molar-refractivity contribution in [3.05, 3.63) is 0 Å². The van der Waals surface area contributed by atoms with Crippen LogP contribution in [0.5, 0.6) is 0 Å². The minimum atomic E-state index is -4.95. The lowest BCUT2D eigenvalue weighted by Gasteiger charge is -2.21.